The van der Waals surface area contributed by atoms with Gasteiger partial charge in [0, 0.05) is 30.0 Å². The summed E-state index contributed by atoms with van der Waals surface area (Å²) >= 11 is 5.78. The molecule has 0 amide bonds. The van der Waals surface area contributed by atoms with Crippen LogP contribution in [0.5, 0.6) is 0 Å². The number of rotatable bonds is 3. The Balaban J connectivity index is 1.64. The van der Waals surface area contributed by atoms with Crippen LogP contribution in [0.4, 0.5) is 8.78 Å². The molecule has 0 bridgehead atoms. The zero-order chi connectivity index (χ0) is 24.0. The number of nitrogens with zero attached hydrogens (tertiary/aromatic N) is 5. The smallest absolute Gasteiger partial charge is 0.182 e. The molecular weight excluding hydrogens is 460 g/mol. The normalized spacial score (nSPS) is 18.4. The van der Waals surface area contributed by atoms with E-state index in [9.17, 15) is 8.78 Å². The molecular formula is C25H22ClF2N5O. The molecule has 4 heterocycles. The molecule has 34 heavy (non-hydrogen) atoms. The summed E-state index contributed by atoms with van der Waals surface area (Å²) in [6, 6.07) is 6.67. The van der Waals surface area contributed by atoms with Crippen LogP contribution in [0.25, 0.3) is 22.4 Å². The van der Waals surface area contributed by atoms with Crippen LogP contribution in [0, 0.1) is 32.4 Å². The maximum Gasteiger partial charge on any atom is 0.182 e. The molecule has 0 aliphatic carbocycles. The summed E-state index contributed by atoms with van der Waals surface area (Å²) in [5, 5.41) is -0.294. The molecule has 1 aromatic carbocycles. The van der Waals surface area contributed by atoms with Crippen molar-refractivity contribution in [3.05, 3.63) is 75.6 Å². The second-order valence-electron chi connectivity index (χ2n) is 8.53. The Hall–Kier alpha value is -3.10. The first kappa shape index (κ1) is 22.7. The van der Waals surface area contributed by atoms with E-state index in [4.69, 9.17) is 26.3 Å². The van der Waals surface area contributed by atoms with E-state index < -0.39 is 11.6 Å². The maximum absolute atomic E-state index is 15.0. The zero-order valence-corrected chi connectivity index (χ0v) is 19.7. The Morgan fingerprint density at radius 3 is 2.56 bits per heavy atom. The van der Waals surface area contributed by atoms with Crippen LogP contribution in [0.15, 0.2) is 30.5 Å². The largest absolute Gasteiger partial charge is 0.373 e. The molecule has 1 aliphatic rings. The molecule has 0 saturated carbocycles. The minimum atomic E-state index is -1.12. The molecule has 5 rings (SSSR count). The van der Waals surface area contributed by atoms with Gasteiger partial charge in [-0.3, -0.25) is 4.98 Å². The van der Waals surface area contributed by atoms with Crippen molar-refractivity contribution in [1.82, 2.24) is 24.9 Å². The lowest BCUT2D eigenvalue weighted by Gasteiger charge is -2.29. The lowest BCUT2D eigenvalue weighted by atomic mass is 9.91. The fourth-order valence-corrected chi connectivity index (χ4v) is 4.39. The second kappa shape index (κ2) is 8.92. The zero-order valence-electron chi connectivity index (χ0n) is 18.9. The van der Waals surface area contributed by atoms with Crippen molar-refractivity contribution >= 4 is 22.8 Å². The molecule has 0 N–H and O–H groups in total. The first-order chi connectivity index (χ1) is 16.3. The van der Waals surface area contributed by atoms with Crippen molar-refractivity contribution in [2.45, 2.75) is 45.6 Å². The Labute approximate surface area is 200 Å². The fraction of sp³-hybridized carbons (Fsp3) is 0.320. The average molecular weight is 482 g/mol. The van der Waals surface area contributed by atoms with Gasteiger partial charge in [0.15, 0.2) is 17.3 Å². The van der Waals surface area contributed by atoms with Crippen LogP contribution in [0.2, 0.25) is 5.02 Å². The molecule has 4 aromatic rings. The van der Waals surface area contributed by atoms with Gasteiger partial charge in [0.2, 0.25) is 0 Å². The van der Waals surface area contributed by atoms with E-state index in [1.54, 1.807) is 13.1 Å². The van der Waals surface area contributed by atoms with E-state index in [0.717, 1.165) is 11.3 Å². The molecule has 1 fully saturated rings. The van der Waals surface area contributed by atoms with Crippen LogP contribution in [-0.4, -0.2) is 31.5 Å². The quantitative estimate of drug-likeness (QED) is 0.335. The summed E-state index contributed by atoms with van der Waals surface area (Å²) in [6.07, 6.45) is 2.96. The molecule has 0 radical (unpaired) electrons. The summed E-state index contributed by atoms with van der Waals surface area (Å²) in [4.78, 5) is 22.8. The number of hydrogen-bond acceptors (Lipinski definition) is 6. The Kier molecular flexibility index (Phi) is 5.95. The first-order valence-electron chi connectivity index (χ1n) is 11.0. The number of aromatic nitrogens is 5. The van der Waals surface area contributed by atoms with E-state index in [-0.39, 0.29) is 28.3 Å². The molecule has 3 aromatic heterocycles. The fourth-order valence-electron chi connectivity index (χ4n) is 4.24. The van der Waals surface area contributed by atoms with E-state index >= 15 is 0 Å². The SMILES string of the molecule is Cc1cc([C@H]2C[C@H](c3nc(-c4ccc(Cl)c(F)c4F)c4nc(C)c(C)nc4n3)CCO2)ccn1. The van der Waals surface area contributed by atoms with Gasteiger partial charge in [-0.15, -0.1) is 0 Å². The third-order valence-corrected chi connectivity index (χ3v) is 6.48. The summed E-state index contributed by atoms with van der Waals surface area (Å²) in [6.45, 7) is 6.10. The van der Waals surface area contributed by atoms with Crippen LogP contribution >= 0.6 is 11.6 Å². The summed E-state index contributed by atoms with van der Waals surface area (Å²) in [5.74, 6) is -1.74. The Bertz CT molecular complexity index is 1410. The Morgan fingerprint density at radius 1 is 0.971 bits per heavy atom. The molecule has 1 saturated heterocycles. The molecule has 6 nitrogen and oxygen atoms in total. The minimum absolute atomic E-state index is 0.0264. The van der Waals surface area contributed by atoms with Crippen molar-refractivity contribution in [3.63, 3.8) is 0 Å². The van der Waals surface area contributed by atoms with Crippen molar-refractivity contribution in [2.24, 2.45) is 0 Å². The molecule has 9 heteroatoms. The van der Waals surface area contributed by atoms with E-state index in [1.807, 2.05) is 26.0 Å². The number of halogens is 3. The lowest BCUT2D eigenvalue weighted by Crippen LogP contribution is -2.21. The van der Waals surface area contributed by atoms with E-state index in [1.165, 1.54) is 12.1 Å². The minimum Gasteiger partial charge on any atom is -0.373 e. The number of benzene rings is 1. The van der Waals surface area contributed by atoms with Crippen molar-refractivity contribution < 1.29 is 13.5 Å². The highest BCUT2D eigenvalue weighted by atomic mass is 35.5. The van der Waals surface area contributed by atoms with Crippen LogP contribution in [-0.2, 0) is 4.74 Å². The van der Waals surface area contributed by atoms with Crippen LogP contribution < -0.4 is 0 Å². The van der Waals surface area contributed by atoms with Gasteiger partial charge in [-0.25, -0.2) is 28.7 Å². The highest BCUT2D eigenvalue weighted by molar-refractivity contribution is 6.30. The lowest BCUT2D eigenvalue weighted by molar-refractivity contribution is 0.00393. The van der Waals surface area contributed by atoms with Gasteiger partial charge in [0.05, 0.1) is 22.5 Å². The summed E-state index contributed by atoms with van der Waals surface area (Å²) in [7, 11) is 0. The van der Waals surface area contributed by atoms with Gasteiger partial charge >= 0.3 is 0 Å². The predicted molar refractivity (Wildman–Crippen MR) is 125 cm³/mol. The Morgan fingerprint density at radius 2 is 1.76 bits per heavy atom. The van der Waals surface area contributed by atoms with Crippen LogP contribution in [0.3, 0.4) is 0 Å². The van der Waals surface area contributed by atoms with Gasteiger partial charge in [-0.2, -0.15) is 0 Å². The summed E-state index contributed by atoms with van der Waals surface area (Å²) < 4.78 is 35.3. The summed E-state index contributed by atoms with van der Waals surface area (Å²) in [5.41, 5.74) is 4.17. The van der Waals surface area contributed by atoms with Gasteiger partial charge in [-0.1, -0.05) is 11.6 Å². The van der Waals surface area contributed by atoms with Crippen molar-refractivity contribution in [3.8, 4) is 11.3 Å². The number of pyridine rings is 1. The molecule has 174 valence electrons. The van der Waals surface area contributed by atoms with Crippen molar-refractivity contribution in [2.75, 3.05) is 6.61 Å². The third-order valence-electron chi connectivity index (χ3n) is 6.19. The number of aryl methyl sites for hydroxylation is 3. The molecule has 0 spiro atoms. The number of fused-ring (bicyclic) bond motifs is 1. The maximum atomic E-state index is 15.0. The van der Waals surface area contributed by atoms with Crippen LogP contribution in [0.1, 0.15) is 53.3 Å². The molecule has 0 unspecified atom stereocenters. The predicted octanol–water partition coefficient (Wildman–Crippen LogP) is 5.97. The van der Waals surface area contributed by atoms with Gasteiger partial charge < -0.3 is 4.74 Å². The van der Waals surface area contributed by atoms with E-state index in [2.05, 4.69) is 15.0 Å². The molecule has 1 aliphatic heterocycles. The first-order valence-corrected chi connectivity index (χ1v) is 11.4. The highest BCUT2D eigenvalue weighted by Crippen LogP contribution is 2.38. The standard InChI is InChI=1S/C25H22ClF2N5O/c1-12-10-15(6-8-29-12)19-11-16(7-9-34-19)24-32-22(17-4-5-18(26)21(28)20(17)27)23-25(33-24)31-14(3)13(2)30-23/h4-6,8,10,16,19H,7,9,11H2,1-3H3/t16-,19-/m1/s1. The van der Waals surface area contributed by atoms with Gasteiger partial charge in [0.1, 0.15) is 17.0 Å². The van der Waals surface area contributed by atoms with E-state index in [0.29, 0.717) is 47.8 Å². The number of hydrogen-bond donors (Lipinski definition) is 0. The van der Waals surface area contributed by atoms with Gasteiger partial charge in [0.25, 0.3) is 0 Å². The van der Waals surface area contributed by atoms with Gasteiger partial charge in [-0.05, 0) is 63.4 Å². The highest BCUT2D eigenvalue weighted by Gasteiger charge is 2.29. The number of ether oxygens (including phenoxy) is 1. The molecule has 2 atom stereocenters. The monoisotopic (exact) mass is 481 g/mol. The van der Waals surface area contributed by atoms with Crippen molar-refractivity contribution in [1.29, 1.82) is 0 Å². The average Bonchev–Trinajstić information content (AvgIpc) is 2.83. The second-order valence-corrected chi connectivity index (χ2v) is 8.94. The topological polar surface area (TPSA) is 73.7 Å². The third kappa shape index (κ3) is 4.12.